The van der Waals surface area contributed by atoms with Crippen LogP contribution in [0.3, 0.4) is 0 Å². The summed E-state index contributed by atoms with van der Waals surface area (Å²) in [5, 5.41) is 0. The molecule has 3 aliphatic rings. The van der Waals surface area contributed by atoms with Gasteiger partial charge in [0.15, 0.2) is 0 Å². The standard InChI is InChI=1S/C13H24N2O/c1-10-8-14-6-3-4-12(14)9-15(10)13-5-7-16-11(13)2/h10-13H,3-9H2,1-2H3. The highest BCUT2D eigenvalue weighted by Gasteiger charge is 2.40. The fourth-order valence-corrected chi connectivity index (χ4v) is 3.83. The molecule has 16 heavy (non-hydrogen) atoms. The fourth-order valence-electron chi connectivity index (χ4n) is 3.83. The summed E-state index contributed by atoms with van der Waals surface area (Å²) in [5.74, 6) is 0. The van der Waals surface area contributed by atoms with Gasteiger partial charge in [-0.05, 0) is 39.7 Å². The summed E-state index contributed by atoms with van der Waals surface area (Å²) >= 11 is 0. The molecule has 0 amide bonds. The van der Waals surface area contributed by atoms with Crippen molar-refractivity contribution in [2.24, 2.45) is 0 Å². The van der Waals surface area contributed by atoms with E-state index in [2.05, 4.69) is 23.6 Å². The van der Waals surface area contributed by atoms with Crippen LogP contribution in [0.25, 0.3) is 0 Å². The first-order chi connectivity index (χ1) is 7.75. The number of ether oxygens (including phenoxy) is 1. The second-order valence-electron chi connectivity index (χ2n) is 5.77. The zero-order valence-electron chi connectivity index (χ0n) is 10.6. The van der Waals surface area contributed by atoms with Crippen LogP contribution in [0.4, 0.5) is 0 Å². The lowest BCUT2D eigenvalue weighted by molar-refractivity contribution is 0.000941. The quantitative estimate of drug-likeness (QED) is 0.668. The number of nitrogens with zero attached hydrogens (tertiary/aromatic N) is 2. The average Bonchev–Trinajstić information content (AvgIpc) is 2.85. The normalized spacial score (nSPS) is 46.1. The highest BCUT2D eigenvalue weighted by molar-refractivity contribution is 4.95. The van der Waals surface area contributed by atoms with Crippen LogP contribution < -0.4 is 0 Å². The van der Waals surface area contributed by atoms with Crippen molar-refractivity contribution < 1.29 is 4.74 Å². The molecule has 0 aliphatic carbocycles. The largest absolute Gasteiger partial charge is 0.377 e. The molecule has 3 saturated heterocycles. The first-order valence-corrected chi connectivity index (χ1v) is 6.87. The van der Waals surface area contributed by atoms with Gasteiger partial charge in [-0.2, -0.15) is 0 Å². The third-order valence-corrected chi connectivity index (χ3v) is 4.75. The van der Waals surface area contributed by atoms with Crippen LogP contribution in [-0.2, 0) is 4.74 Å². The van der Waals surface area contributed by atoms with E-state index in [1.807, 2.05) is 0 Å². The van der Waals surface area contributed by atoms with Crippen LogP contribution in [0.5, 0.6) is 0 Å². The molecule has 4 atom stereocenters. The Morgan fingerprint density at radius 1 is 1.12 bits per heavy atom. The summed E-state index contributed by atoms with van der Waals surface area (Å²) in [5.41, 5.74) is 0. The third kappa shape index (κ3) is 1.79. The van der Waals surface area contributed by atoms with Crippen molar-refractivity contribution in [2.75, 3.05) is 26.2 Å². The SMILES string of the molecule is CC1OCCC1N1CC2CCCN2CC1C. The highest BCUT2D eigenvalue weighted by atomic mass is 16.5. The van der Waals surface area contributed by atoms with Gasteiger partial charge < -0.3 is 4.74 Å². The minimum Gasteiger partial charge on any atom is -0.377 e. The third-order valence-electron chi connectivity index (χ3n) is 4.75. The molecule has 0 bridgehead atoms. The lowest BCUT2D eigenvalue weighted by Gasteiger charge is -2.45. The summed E-state index contributed by atoms with van der Waals surface area (Å²) < 4.78 is 5.72. The predicted octanol–water partition coefficient (Wildman–Crippen LogP) is 1.33. The zero-order chi connectivity index (χ0) is 11.1. The van der Waals surface area contributed by atoms with Gasteiger partial charge in [-0.1, -0.05) is 0 Å². The minimum absolute atomic E-state index is 0.440. The highest BCUT2D eigenvalue weighted by Crippen LogP contribution is 2.29. The van der Waals surface area contributed by atoms with E-state index in [0.717, 1.165) is 12.6 Å². The number of piperazine rings is 1. The summed E-state index contributed by atoms with van der Waals surface area (Å²) in [4.78, 5) is 5.42. The summed E-state index contributed by atoms with van der Waals surface area (Å²) in [7, 11) is 0. The number of fused-ring (bicyclic) bond motifs is 1. The van der Waals surface area contributed by atoms with E-state index in [4.69, 9.17) is 4.74 Å². The van der Waals surface area contributed by atoms with Gasteiger partial charge in [0.05, 0.1) is 6.10 Å². The smallest absolute Gasteiger partial charge is 0.0703 e. The molecule has 3 rings (SSSR count). The molecule has 3 heterocycles. The van der Waals surface area contributed by atoms with Crippen molar-refractivity contribution in [3.63, 3.8) is 0 Å². The van der Waals surface area contributed by atoms with Crippen LogP contribution in [-0.4, -0.2) is 60.3 Å². The second-order valence-corrected chi connectivity index (χ2v) is 5.77. The summed E-state index contributed by atoms with van der Waals surface area (Å²) in [6.45, 7) is 9.47. The fraction of sp³-hybridized carbons (Fsp3) is 1.00. The van der Waals surface area contributed by atoms with Crippen LogP contribution >= 0.6 is 0 Å². The van der Waals surface area contributed by atoms with Gasteiger partial charge in [-0.3, -0.25) is 9.80 Å². The Bertz CT molecular complexity index is 258. The molecule has 0 aromatic heterocycles. The molecule has 0 saturated carbocycles. The van der Waals surface area contributed by atoms with E-state index < -0.39 is 0 Å². The van der Waals surface area contributed by atoms with Crippen LogP contribution in [0.1, 0.15) is 33.1 Å². The maximum atomic E-state index is 5.72. The molecule has 3 fully saturated rings. The number of hydrogen-bond acceptors (Lipinski definition) is 3. The molecular formula is C13H24N2O. The molecule has 0 N–H and O–H groups in total. The Hall–Kier alpha value is -0.120. The van der Waals surface area contributed by atoms with Gasteiger partial charge >= 0.3 is 0 Å². The molecule has 3 heteroatoms. The summed E-state index contributed by atoms with van der Waals surface area (Å²) in [6.07, 6.45) is 4.49. The van der Waals surface area contributed by atoms with E-state index in [0.29, 0.717) is 18.2 Å². The number of hydrogen-bond donors (Lipinski definition) is 0. The maximum absolute atomic E-state index is 5.72. The lowest BCUT2D eigenvalue weighted by atomic mass is 10.0. The Labute approximate surface area is 98.7 Å². The average molecular weight is 224 g/mol. The molecule has 3 aliphatic heterocycles. The Morgan fingerprint density at radius 2 is 2.00 bits per heavy atom. The molecule has 0 radical (unpaired) electrons. The van der Waals surface area contributed by atoms with Gasteiger partial charge in [0.25, 0.3) is 0 Å². The van der Waals surface area contributed by atoms with Crippen molar-refractivity contribution in [3.05, 3.63) is 0 Å². The van der Waals surface area contributed by atoms with Crippen molar-refractivity contribution in [2.45, 2.75) is 57.3 Å². The van der Waals surface area contributed by atoms with Crippen LogP contribution in [0, 0.1) is 0 Å². The van der Waals surface area contributed by atoms with Crippen LogP contribution in [0.2, 0.25) is 0 Å². The molecule has 0 aromatic rings. The van der Waals surface area contributed by atoms with Gasteiger partial charge in [-0.15, -0.1) is 0 Å². The maximum Gasteiger partial charge on any atom is 0.0703 e. The zero-order valence-corrected chi connectivity index (χ0v) is 10.6. The molecule has 92 valence electrons. The van der Waals surface area contributed by atoms with E-state index in [-0.39, 0.29) is 0 Å². The molecule has 0 aromatic carbocycles. The van der Waals surface area contributed by atoms with Gasteiger partial charge in [0.2, 0.25) is 0 Å². The topological polar surface area (TPSA) is 15.7 Å². The molecule has 0 spiro atoms. The second kappa shape index (κ2) is 4.28. The Balaban J connectivity index is 1.70. The molecular weight excluding hydrogens is 200 g/mol. The summed E-state index contributed by atoms with van der Waals surface area (Å²) in [6, 6.07) is 2.23. The first-order valence-electron chi connectivity index (χ1n) is 6.87. The Morgan fingerprint density at radius 3 is 2.75 bits per heavy atom. The van der Waals surface area contributed by atoms with E-state index in [1.165, 1.54) is 38.9 Å². The predicted molar refractivity (Wildman–Crippen MR) is 64.6 cm³/mol. The van der Waals surface area contributed by atoms with Crippen molar-refractivity contribution in [1.29, 1.82) is 0 Å². The van der Waals surface area contributed by atoms with E-state index in [1.54, 1.807) is 0 Å². The minimum atomic E-state index is 0.440. The van der Waals surface area contributed by atoms with Gasteiger partial charge in [-0.25, -0.2) is 0 Å². The van der Waals surface area contributed by atoms with Crippen molar-refractivity contribution in [3.8, 4) is 0 Å². The van der Waals surface area contributed by atoms with Crippen LogP contribution in [0.15, 0.2) is 0 Å². The monoisotopic (exact) mass is 224 g/mol. The van der Waals surface area contributed by atoms with Gasteiger partial charge in [0.1, 0.15) is 0 Å². The van der Waals surface area contributed by atoms with Crippen molar-refractivity contribution in [1.82, 2.24) is 9.80 Å². The van der Waals surface area contributed by atoms with Gasteiger partial charge in [0, 0.05) is 37.8 Å². The Kier molecular flexibility index (Phi) is 2.94. The first kappa shape index (κ1) is 11.0. The van der Waals surface area contributed by atoms with E-state index in [9.17, 15) is 0 Å². The number of rotatable bonds is 1. The van der Waals surface area contributed by atoms with E-state index >= 15 is 0 Å². The molecule has 3 nitrogen and oxygen atoms in total. The lowest BCUT2D eigenvalue weighted by Crippen LogP contribution is -2.59. The molecule has 4 unspecified atom stereocenters. The van der Waals surface area contributed by atoms with Crippen molar-refractivity contribution >= 4 is 0 Å².